The van der Waals surface area contributed by atoms with Gasteiger partial charge in [-0.2, -0.15) is 0 Å². The molecule has 0 aliphatic rings. The number of nitrogens with one attached hydrogen (secondary N) is 2. The van der Waals surface area contributed by atoms with Gasteiger partial charge >= 0.3 is 0 Å². The minimum Gasteiger partial charge on any atom is -0.399 e. The van der Waals surface area contributed by atoms with Crippen molar-refractivity contribution in [3.05, 3.63) is 29.1 Å². The van der Waals surface area contributed by atoms with E-state index >= 15 is 0 Å². The van der Waals surface area contributed by atoms with Crippen molar-refractivity contribution in [3.63, 3.8) is 0 Å². The smallest absolute Gasteiger partial charge is 0.261 e. The van der Waals surface area contributed by atoms with Gasteiger partial charge in [-0.25, -0.2) is 0 Å². The molecule has 0 saturated carbocycles. The first-order chi connectivity index (χ1) is 9.60. The number of nitrogen functional groups attached to an aromatic ring is 1. The second-order valence-electron chi connectivity index (χ2n) is 4.44. The fraction of sp³-hybridized carbons (Fsp3) is 0.286. The van der Waals surface area contributed by atoms with E-state index < -0.39 is 0 Å². The van der Waals surface area contributed by atoms with E-state index in [-0.39, 0.29) is 18.4 Å². The second-order valence-corrected chi connectivity index (χ2v) is 5.52. The molecule has 0 bridgehead atoms. The third kappa shape index (κ3) is 3.48. The van der Waals surface area contributed by atoms with Gasteiger partial charge in [-0.05, 0) is 36.1 Å². The fourth-order valence-corrected chi connectivity index (χ4v) is 2.71. The summed E-state index contributed by atoms with van der Waals surface area (Å²) in [5, 5.41) is 6.26. The lowest BCUT2D eigenvalue weighted by molar-refractivity contribution is -0.120. The molecule has 1 aromatic carbocycles. The number of anilines is 1. The van der Waals surface area contributed by atoms with Crippen molar-refractivity contribution in [2.24, 2.45) is 0 Å². The maximum atomic E-state index is 12.0. The number of benzene rings is 1. The van der Waals surface area contributed by atoms with E-state index in [1.165, 1.54) is 11.3 Å². The lowest BCUT2D eigenvalue weighted by Crippen LogP contribution is -2.36. The van der Waals surface area contributed by atoms with Gasteiger partial charge in [0.25, 0.3) is 5.91 Å². The van der Waals surface area contributed by atoms with Gasteiger partial charge in [0, 0.05) is 16.9 Å². The molecule has 0 unspecified atom stereocenters. The molecule has 0 aliphatic carbocycles. The van der Waals surface area contributed by atoms with Crippen molar-refractivity contribution >= 4 is 38.9 Å². The fourth-order valence-electron chi connectivity index (χ4n) is 1.75. The van der Waals surface area contributed by atoms with Gasteiger partial charge in [-0.3, -0.25) is 9.59 Å². The van der Waals surface area contributed by atoms with Crippen LogP contribution in [-0.2, 0) is 4.79 Å². The van der Waals surface area contributed by atoms with Gasteiger partial charge in [-0.1, -0.05) is 6.92 Å². The van der Waals surface area contributed by atoms with Crippen LogP contribution in [0.3, 0.4) is 0 Å². The zero-order valence-corrected chi connectivity index (χ0v) is 12.0. The molecule has 20 heavy (non-hydrogen) atoms. The number of hydrogen-bond donors (Lipinski definition) is 3. The molecule has 0 spiro atoms. The monoisotopic (exact) mass is 291 g/mol. The molecule has 106 valence electrons. The number of fused-ring (bicyclic) bond motifs is 1. The average molecular weight is 291 g/mol. The molecule has 2 rings (SSSR count). The zero-order chi connectivity index (χ0) is 14.5. The molecule has 1 heterocycles. The van der Waals surface area contributed by atoms with Crippen LogP contribution in [0.2, 0.25) is 0 Å². The third-order valence-corrected chi connectivity index (χ3v) is 3.86. The molecule has 0 atom stereocenters. The van der Waals surface area contributed by atoms with Crippen molar-refractivity contribution in [2.75, 3.05) is 18.8 Å². The van der Waals surface area contributed by atoms with E-state index in [0.717, 1.165) is 16.5 Å². The van der Waals surface area contributed by atoms with E-state index in [1.807, 2.05) is 19.1 Å². The number of carbonyl (C=O) groups excluding carboxylic acids is 2. The van der Waals surface area contributed by atoms with Crippen LogP contribution in [0, 0.1) is 0 Å². The molecule has 5 nitrogen and oxygen atoms in total. The van der Waals surface area contributed by atoms with E-state index in [2.05, 4.69) is 10.6 Å². The van der Waals surface area contributed by atoms with Gasteiger partial charge in [-0.15, -0.1) is 11.3 Å². The summed E-state index contributed by atoms with van der Waals surface area (Å²) in [5.41, 5.74) is 6.37. The van der Waals surface area contributed by atoms with Crippen LogP contribution < -0.4 is 16.4 Å². The summed E-state index contributed by atoms with van der Waals surface area (Å²) in [5.74, 6) is -0.415. The Labute approximate surface area is 121 Å². The Kier molecular flexibility index (Phi) is 4.57. The van der Waals surface area contributed by atoms with Gasteiger partial charge in [0.05, 0.1) is 11.4 Å². The molecule has 2 aromatic rings. The van der Waals surface area contributed by atoms with Gasteiger partial charge < -0.3 is 16.4 Å². The lowest BCUT2D eigenvalue weighted by atomic mass is 10.2. The quantitative estimate of drug-likeness (QED) is 0.734. The van der Waals surface area contributed by atoms with Crippen molar-refractivity contribution < 1.29 is 9.59 Å². The maximum Gasteiger partial charge on any atom is 0.261 e. The highest BCUT2D eigenvalue weighted by Crippen LogP contribution is 2.27. The normalized spacial score (nSPS) is 10.4. The Hall–Kier alpha value is -2.08. The summed E-state index contributed by atoms with van der Waals surface area (Å²) >= 11 is 1.38. The Bertz CT molecular complexity index is 636. The summed E-state index contributed by atoms with van der Waals surface area (Å²) in [6.45, 7) is 2.59. The van der Waals surface area contributed by atoms with Crippen LogP contribution in [0.4, 0.5) is 5.69 Å². The molecule has 2 amide bonds. The number of nitrogens with two attached hydrogens (primary N) is 1. The van der Waals surface area contributed by atoms with Crippen molar-refractivity contribution in [2.45, 2.75) is 13.3 Å². The van der Waals surface area contributed by atoms with Crippen LogP contribution in [0.5, 0.6) is 0 Å². The molecule has 0 aliphatic heterocycles. The molecule has 6 heteroatoms. The minimum absolute atomic E-state index is 0.00474. The summed E-state index contributed by atoms with van der Waals surface area (Å²) in [6.07, 6.45) is 0.872. The Morgan fingerprint density at radius 2 is 2.05 bits per heavy atom. The highest BCUT2D eigenvalue weighted by molar-refractivity contribution is 7.20. The lowest BCUT2D eigenvalue weighted by Gasteiger charge is -2.04. The first-order valence-electron chi connectivity index (χ1n) is 6.44. The van der Waals surface area contributed by atoms with Gasteiger partial charge in [0.2, 0.25) is 5.91 Å². The Morgan fingerprint density at radius 3 is 2.80 bits per heavy atom. The predicted octanol–water partition coefficient (Wildman–Crippen LogP) is 1.74. The molecule has 0 fully saturated rings. The highest BCUT2D eigenvalue weighted by Gasteiger charge is 2.11. The summed E-state index contributed by atoms with van der Waals surface area (Å²) in [6, 6.07) is 7.31. The molecule has 0 saturated heterocycles. The Morgan fingerprint density at radius 1 is 1.25 bits per heavy atom. The molecule has 1 aromatic heterocycles. The van der Waals surface area contributed by atoms with Gasteiger partial charge in [0.1, 0.15) is 0 Å². The minimum atomic E-state index is -0.239. The number of carbonyl (C=O) groups is 2. The van der Waals surface area contributed by atoms with E-state index in [0.29, 0.717) is 17.1 Å². The van der Waals surface area contributed by atoms with Crippen LogP contribution in [0.25, 0.3) is 10.1 Å². The SMILES string of the molecule is CCCNC(=O)CNC(=O)c1cc2cc(N)ccc2s1. The van der Waals surface area contributed by atoms with E-state index in [1.54, 1.807) is 12.1 Å². The zero-order valence-electron chi connectivity index (χ0n) is 11.2. The number of thiophene rings is 1. The number of amides is 2. The summed E-state index contributed by atoms with van der Waals surface area (Å²) in [7, 11) is 0. The average Bonchev–Trinajstić information content (AvgIpc) is 2.85. The molecule has 4 N–H and O–H groups in total. The highest BCUT2D eigenvalue weighted by atomic mass is 32.1. The largest absolute Gasteiger partial charge is 0.399 e. The molecular weight excluding hydrogens is 274 g/mol. The number of hydrogen-bond acceptors (Lipinski definition) is 4. The first kappa shape index (κ1) is 14.3. The van der Waals surface area contributed by atoms with Crippen LogP contribution in [0.1, 0.15) is 23.0 Å². The van der Waals surface area contributed by atoms with Crippen molar-refractivity contribution in [3.8, 4) is 0 Å². The van der Waals surface area contributed by atoms with E-state index in [9.17, 15) is 9.59 Å². The maximum absolute atomic E-state index is 12.0. The standard InChI is InChI=1S/C14H17N3O2S/c1-2-5-16-13(18)8-17-14(19)12-7-9-6-10(15)3-4-11(9)20-12/h3-4,6-7H,2,5,8,15H2,1H3,(H,16,18)(H,17,19). The topological polar surface area (TPSA) is 84.2 Å². The van der Waals surface area contributed by atoms with Crippen LogP contribution >= 0.6 is 11.3 Å². The predicted molar refractivity (Wildman–Crippen MR) is 81.9 cm³/mol. The van der Waals surface area contributed by atoms with Crippen molar-refractivity contribution in [1.82, 2.24) is 10.6 Å². The molecular formula is C14H17N3O2S. The summed E-state index contributed by atoms with van der Waals surface area (Å²) in [4.78, 5) is 24.0. The van der Waals surface area contributed by atoms with Crippen molar-refractivity contribution in [1.29, 1.82) is 0 Å². The van der Waals surface area contributed by atoms with Gasteiger partial charge in [0.15, 0.2) is 0 Å². The van der Waals surface area contributed by atoms with Crippen LogP contribution in [-0.4, -0.2) is 24.9 Å². The summed E-state index contributed by atoms with van der Waals surface area (Å²) < 4.78 is 1.000. The first-order valence-corrected chi connectivity index (χ1v) is 7.25. The number of rotatable bonds is 5. The van der Waals surface area contributed by atoms with Crippen LogP contribution in [0.15, 0.2) is 24.3 Å². The second kappa shape index (κ2) is 6.38. The van der Waals surface area contributed by atoms with E-state index in [4.69, 9.17) is 5.73 Å². The Balaban J connectivity index is 1.99. The third-order valence-electron chi connectivity index (χ3n) is 2.75. The molecule has 0 radical (unpaired) electrons.